The lowest BCUT2D eigenvalue weighted by molar-refractivity contribution is 0.503. The highest BCUT2D eigenvalue weighted by molar-refractivity contribution is 6.28. The number of aromatic nitrogens is 4. The predicted octanol–water partition coefficient (Wildman–Crippen LogP) is 2.63. The minimum Gasteiger partial charge on any atom is -0.467 e. The van der Waals surface area contributed by atoms with Gasteiger partial charge in [0.05, 0.1) is 19.1 Å². The van der Waals surface area contributed by atoms with Gasteiger partial charge in [0, 0.05) is 6.54 Å². The molecule has 0 amide bonds. The molecule has 0 aromatic carbocycles. The first kappa shape index (κ1) is 12.0. The number of aromatic amines is 1. The molecule has 6 nitrogen and oxygen atoms in total. The molecule has 0 aliphatic carbocycles. The Hall–Kier alpha value is -2.08. The van der Waals surface area contributed by atoms with E-state index in [1.807, 2.05) is 24.0 Å². The molecule has 3 aromatic rings. The highest BCUT2D eigenvalue weighted by atomic mass is 35.5. The number of nitrogens with one attached hydrogen (secondary N) is 1. The van der Waals surface area contributed by atoms with E-state index < -0.39 is 0 Å². The van der Waals surface area contributed by atoms with Crippen molar-refractivity contribution < 1.29 is 4.42 Å². The van der Waals surface area contributed by atoms with Crippen molar-refractivity contribution in [3.05, 3.63) is 35.8 Å². The number of furan rings is 1. The molecular formula is C12H12ClN5O. The maximum Gasteiger partial charge on any atom is 0.226 e. The van der Waals surface area contributed by atoms with Crippen molar-refractivity contribution in [1.29, 1.82) is 0 Å². The van der Waals surface area contributed by atoms with Gasteiger partial charge in [-0.05, 0) is 30.7 Å². The zero-order valence-corrected chi connectivity index (χ0v) is 11.1. The average molecular weight is 278 g/mol. The van der Waals surface area contributed by atoms with Gasteiger partial charge in [-0.3, -0.25) is 0 Å². The lowest BCUT2D eigenvalue weighted by Crippen LogP contribution is -2.23. The first-order valence-electron chi connectivity index (χ1n) is 5.92. The molecule has 0 bridgehead atoms. The molecule has 0 saturated heterocycles. The second-order valence-corrected chi connectivity index (χ2v) is 4.35. The SMILES string of the molecule is CCN(Cc1ccco1)c1nc(Cl)nc2nc[nH]c12. The smallest absolute Gasteiger partial charge is 0.226 e. The maximum atomic E-state index is 5.94. The van der Waals surface area contributed by atoms with E-state index in [9.17, 15) is 0 Å². The molecule has 0 unspecified atom stereocenters. The monoisotopic (exact) mass is 277 g/mol. The zero-order valence-electron chi connectivity index (χ0n) is 10.3. The van der Waals surface area contributed by atoms with Gasteiger partial charge in [0.1, 0.15) is 11.3 Å². The average Bonchev–Trinajstić information content (AvgIpc) is 3.05. The number of H-pyrrole nitrogens is 1. The lowest BCUT2D eigenvalue weighted by atomic mass is 10.3. The quantitative estimate of drug-likeness (QED) is 0.742. The number of fused-ring (bicyclic) bond motifs is 1. The van der Waals surface area contributed by atoms with Crippen molar-refractivity contribution in [2.45, 2.75) is 13.5 Å². The largest absolute Gasteiger partial charge is 0.467 e. The van der Waals surface area contributed by atoms with Crippen molar-refractivity contribution in [2.75, 3.05) is 11.4 Å². The zero-order chi connectivity index (χ0) is 13.2. The van der Waals surface area contributed by atoms with Gasteiger partial charge in [-0.15, -0.1) is 0 Å². The number of nitrogens with zero attached hydrogens (tertiary/aromatic N) is 4. The van der Waals surface area contributed by atoms with Gasteiger partial charge in [0.25, 0.3) is 0 Å². The van der Waals surface area contributed by atoms with E-state index in [0.717, 1.165) is 23.6 Å². The Morgan fingerprint density at radius 3 is 3.05 bits per heavy atom. The van der Waals surface area contributed by atoms with Gasteiger partial charge >= 0.3 is 0 Å². The fourth-order valence-electron chi connectivity index (χ4n) is 1.95. The Balaban J connectivity index is 2.03. The summed E-state index contributed by atoms with van der Waals surface area (Å²) in [6, 6.07) is 3.79. The summed E-state index contributed by atoms with van der Waals surface area (Å²) in [5.41, 5.74) is 1.34. The Morgan fingerprint density at radius 1 is 1.42 bits per heavy atom. The molecule has 1 N–H and O–H groups in total. The molecule has 7 heteroatoms. The third-order valence-corrected chi connectivity index (χ3v) is 3.02. The second kappa shape index (κ2) is 4.89. The Bertz CT molecular complexity index is 679. The van der Waals surface area contributed by atoms with Gasteiger partial charge in [0.2, 0.25) is 5.28 Å². The van der Waals surface area contributed by atoms with E-state index in [-0.39, 0.29) is 5.28 Å². The van der Waals surface area contributed by atoms with Crippen LogP contribution in [0.3, 0.4) is 0 Å². The summed E-state index contributed by atoms with van der Waals surface area (Å²) in [5.74, 6) is 1.59. The van der Waals surface area contributed by atoms with Gasteiger partial charge in [-0.25, -0.2) is 4.98 Å². The molecular weight excluding hydrogens is 266 g/mol. The molecule has 0 atom stereocenters. The molecule has 0 aliphatic heterocycles. The van der Waals surface area contributed by atoms with Crippen LogP contribution in [0.15, 0.2) is 29.1 Å². The first-order valence-corrected chi connectivity index (χ1v) is 6.29. The van der Waals surface area contributed by atoms with E-state index in [2.05, 4.69) is 19.9 Å². The van der Waals surface area contributed by atoms with Crippen molar-refractivity contribution in [3.8, 4) is 0 Å². The summed E-state index contributed by atoms with van der Waals surface area (Å²) in [6.45, 7) is 3.42. The van der Waals surface area contributed by atoms with E-state index >= 15 is 0 Å². The molecule has 19 heavy (non-hydrogen) atoms. The molecule has 98 valence electrons. The Kier molecular flexibility index (Phi) is 3.08. The van der Waals surface area contributed by atoms with Gasteiger partial charge in [-0.2, -0.15) is 9.97 Å². The van der Waals surface area contributed by atoms with Crippen molar-refractivity contribution in [1.82, 2.24) is 19.9 Å². The second-order valence-electron chi connectivity index (χ2n) is 4.01. The van der Waals surface area contributed by atoms with E-state index in [1.54, 1.807) is 12.6 Å². The van der Waals surface area contributed by atoms with Crippen LogP contribution < -0.4 is 4.90 Å². The molecule has 3 rings (SSSR count). The molecule has 0 fully saturated rings. The summed E-state index contributed by atoms with van der Waals surface area (Å²) in [7, 11) is 0. The molecule has 0 aliphatic rings. The first-order chi connectivity index (χ1) is 9.28. The highest BCUT2D eigenvalue weighted by Crippen LogP contribution is 2.24. The van der Waals surface area contributed by atoms with Crippen LogP contribution in [0.2, 0.25) is 5.28 Å². The van der Waals surface area contributed by atoms with Gasteiger partial charge in [-0.1, -0.05) is 0 Å². The number of hydrogen-bond donors (Lipinski definition) is 1. The van der Waals surface area contributed by atoms with Crippen LogP contribution in [-0.4, -0.2) is 26.5 Å². The normalized spacial score (nSPS) is 11.1. The minimum atomic E-state index is 0.187. The summed E-state index contributed by atoms with van der Waals surface area (Å²) < 4.78 is 5.37. The van der Waals surface area contributed by atoms with Crippen molar-refractivity contribution in [2.24, 2.45) is 0 Å². The molecule has 0 spiro atoms. The fourth-order valence-corrected chi connectivity index (χ4v) is 2.11. The lowest BCUT2D eigenvalue weighted by Gasteiger charge is -2.20. The number of halogens is 1. The fraction of sp³-hybridized carbons (Fsp3) is 0.250. The van der Waals surface area contributed by atoms with Crippen LogP contribution in [0, 0.1) is 0 Å². The Morgan fingerprint density at radius 2 is 2.32 bits per heavy atom. The third-order valence-electron chi connectivity index (χ3n) is 2.85. The van der Waals surface area contributed by atoms with E-state index in [0.29, 0.717) is 12.2 Å². The highest BCUT2D eigenvalue weighted by Gasteiger charge is 2.15. The summed E-state index contributed by atoms with van der Waals surface area (Å²) >= 11 is 5.94. The standard InChI is InChI=1S/C12H12ClN5O/c1-2-18(6-8-4-3-5-19-8)11-9-10(15-7-14-9)16-12(13)17-11/h3-5,7H,2,6H2,1H3,(H,14,15,16,17). The number of rotatable bonds is 4. The minimum absolute atomic E-state index is 0.187. The number of anilines is 1. The number of hydrogen-bond acceptors (Lipinski definition) is 5. The molecule has 0 radical (unpaired) electrons. The third kappa shape index (κ3) is 2.26. The van der Waals surface area contributed by atoms with Crippen LogP contribution >= 0.6 is 11.6 Å². The summed E-state index contributed by atoms with van der Waals surface area (Å²) in [5, 5.41) is 0.187. The van der Waals surface area contributed by atoms with E-state index in [4.69, 9.17) is 16.0 Å². The Labute approximate surface area is 114 Å². The van der Waals surface area contributed by atoms with Crippen molar-refractivity contribution >= 4 is 28.6 Å². The summed E-state index contributed by atoms with van der Waals surface area (Å²) in [4.78, 5) is 17.6. The topological polar surface area (TPSA) is 70.8 Å². The predicted molar refractivity (Wildman–Crippen MR) is 72.1 cm³/mol. The maximum absolute atomic E-state index is 5.94. The van der Waals surface area contributed by atoms with Crippen LogP contribution in [-0.2, 0) is 6.54 Å². The number of imidazole rings is 1. The van der Waals surface area contributed by atoms with Crippen LogP contribution in [0.1, 0.15) is 12.7 Å². The van der Waals surface area contributed by atoms with E-state index in [1.165, 1.54) is 0 Å². The van der Waals surface area contributed by atoms with Crippen LogP contribution in [0.25, 0.3) is 11.2 Å². The van der Waals surface area contributed by atoms with Gasteiger partial charge in [0.15, 0.2) is 11.5 Å². The van der Waals surface area contributed by atoms with Crippen LogP contribution in [0.4, 0.5) is 5.82 Å². The van der Waals surface area contributed by atoms with Crippen molar-refractivity contribution in [3.63, 3.8) is 0 Å². The molecule has 0 saturated carbocycles. The molecule has 3 aromatic heterocycles. The summed E-state index contributed by atoms with van der Waals surface area (Å²) in [6.07, 6.45) is 3.24. The molecule has 3 heterocycles. The van der Waals surface area contributed by atoms with Gasteiger partial charge < -0.3 is 14.3 Å². The van der Waals surface area contributed by atoms with Crippen LogP contribution in [0.5, 0.6) is 0 Å².